The van der Waals surface area contributed by atoms with Crippen molar-refractivity contribution in [2.24, 2.45) is 0 Å². The minimum Gasteiger partial charge on any atom is -0.350 e. The average Bonchev–Trinajstić information content (AvgIpc) is 2.43. The lowest BCUT2D eigenvalue weighted by Crippen LogP contribution is -2.52. The summed E-state index contributed by atoms with van der Waals surface area (Å²) in [5.74, 6) is -0.0820. The van der Waals surface area contributed by atoms with Crippen molar-refractivity contribution in [2.75, 3.05) is 20.6 Å². The second-order valence-electron chi connectivity index (χ2n) is 5.84. The molecule has 0 bridgehead atoms. The van der Waals surface area contributed by atoms with Gasteiger partial charge in [0.05, 0.1) is 11.5 Å². The van der Waals surface area contributed by atoms with Crippen LogP contribution in [0.4, 0.5) is 0 Å². The smallest absolute Gasteiger partial charge is 0.243 e. The van der Waals surface area contributed by atoms with E-state index in [9.17, 15) is 10.1 Å². The lowest BCUT2D eigenvalue weighted by atomic mass is 9.62. The van der Waals surface area contributed by atoms with E-state index < -0.39 is 5.41 Å². The zero-order valence-electron chi connectivity index (χ0n) is 12.5. The van der Waals surface area contributed by atoms with Crippen molar-refractivity contribution in [3.8, 4) is 6.07 Å². The van der Waals surface area contributed by atoms with Gasteiger partial charge in [-0.25, -0.2) is 0 Å². The summed E-state index contributed by atoms with van der Waals surface area (Å²) in [7, 11) is 3.91. The molecule has 0 aromatic heterocycles. The van der Waals surface area contributed by atoms with Crippen molar-refractivity contribution in [2.45, 2.75) is 24.3 Å². The van der Waals surface area contributed by atoms with E-state index >= 15 is 0 Å². The highest BCUT2D eigenvalue weighted by Gasteiger charge is 2.46. The van der Waals surface area contributed by atoms with Gasteiger partial charge < -0.3 is 10.2 Å². The number of likely N-dealkylation sites (N-methyl/N-ethyl adjacent to an activating group) is 1. The van der Waals surface area contributed by atoms with Gasteiger partial charge >= 0.3 is 0 Å². The van der Waals surface area contributed by atoms with Crippen LogP contribution in [-0.4, -0.2) is 37.5 Å². The number of rotatable bonds is 5. The van der Waals surface area contributed by atoms with Crippen LogP contribution in [0.2, 0.25) is 0 Å². The highest BCUT2D eigenvalue weighted by molar-refractivity contribution is 5.87. The molecular formula is C17H21N3O. The van der Waals surface area contributed by atoms with Crippen LogP contribution in [0.1, 0.15) is 18.4 Å². The molecular weight excluding hydrogens is 262 g/mol. The first-order valence-corrected chi connectivity index (χ1v) is 7.14. The summed E-state index contributed by atoms with van der Waals surface area (Å²) < 4.78 is 0. The Labute approximate surface area is 126 Å². The van der Waals surface area contributed by atoms with E-state index in [1.807, 2.05) is 55.4 Å². The second-order valence-corrected chi connectivity index (χ2v) is 5.84. The van der Waals surface area contributed by atoms with Gasteiger partial charge in [0.1, 0.15) is 0 Å². The maximum atomic E-state index is 11.8. The average molecular weight is 283 g/mol. The van der Waals surface area contributed by atoms with E-state index in [2.05, 4.69) is 11.4 Å². The highest BCUT2D eigenvalue weighted by atomic mass is 16.1. The molecule has 1 N–H and O–H groups in total. The molecule has 0 radical (unpaired) electrons. The molecule has 0 spiro atoms. The van der Waals surface area contributed by atoms with Crippen molar-refractivity contribution in [3.05, 3.63) is 48.0 Å². The molecule has 1 aromatic rings. The molecule has 1 amide bonds. The van der Waals surface area contributed by atoms with E-state index in [1.165, 1.54) is 0 Å². The van der Waals surface area contributed by atoms with Crippen LogP contribution in [-0.2, 0) is 10.2 Å². The zero-order chi connectivity index (χ0) is 15.3. The zero-order valence-corrected chi connectivity index (χ0v) is 12.5. The Balaban J connectivity index is 1.87. The second kappa shape index (κ2) is 6.55. The monoisotopic (exact) mass is 283 g/mol. The molecule has 21 heavy (non-hydrogen) atoms. The Hall–Kier alpha value is -2.12. The van der Waals surface area contributed by atoms with Gasteiger partial charge in [0.25, 0.3) is 0 Å². The van der Waals surface area contributed by atoms with Gasteiger partial charge in [0.15, 0.2) is 0 Å². The van der Waals surface area contributed by atoms with Gasteiger partial charge in [-0.3, -0.25) is 4.79 Å². The van der Waals surface area contributed by atoms with E-state index in [-0.39, 0.29) is 11.9 Å². The molecule has 0 saturated heterocycles. The van der Waals surface area contributed by atoms with Crippen LogP contribution in [0.5, 0.6) is 0 Å². The molecule has 0 atom stereocenters. The molecule has 1 aliphatic carbocycles. The lowest BCUT2D eigenvalue weighted by Gasteiger charge is -2.43. The Kier molecular flexibility index (Phi) is 4.77. The summed E-state index contributed by atoms with van der Waals surface area (Å²) in [4.78, 5) is 13.8. The lowest BCUT2D eigenvalue weighted by molar-refractivity contribution is -0.118. The van der Waals surface area contributed by atoms with Crippen LogP contribution in [0.25, 0.3) is 0 Å². The predicted octanol–water partition coefficient (Wildman–Crippen LogP) is 1.84. The Bertz CT molecular complexity index is 551. The molecule has 1 fully saturated rings. The normalized spacial score (nSPS) is 24.6. The summed E-state index contributed by atoms with van der Waals surface area (Å²) in [6.45, 7) is 0.740. The van der Waals surface area contributed by atoms with Crippen LogP contribution >= 0.6 is 0 Å². The maximum Gasteiger partial charge on any atom is 0.243 e. The molecule has 2 rings (SSSR count). The van der Waals surface area contributed by atoms with Gasteiger partial charge in [0, 0.05) is 18.7 Å². The van der Waals surface area contributed by atoms with Crippen LogP contribution in [0, 0.1) is 11.3 Å². The maximum absolute atomic E-state index is 11.8. The summed E-state index contributed by atoms with van der Waals surface area (Å²) in [5.41, 5.74) is 0.605. The summed E-state index contributed by atoms with van der Waals surface area (Å²) >= 11 is 0. The van der Waals surface area contributed by atoms with E-state index in [0.29, 0.717) is 12.8 Å². The van der Waals surface area contributed by atoms with Crippen molar-refractivity contribution in [1.82, 2.24) is 10.2 Å². The van der Waals surface area contributed by atoms with E-state index in [4.69, 9.17) is 0 Å². The third-order valence-corrected chi connectivity index (χ3v) is 3.82. The summed E-state index contributed by atoms with van der Waals surface area (Å²) in [5, 5.41) is 12.4. The van der Waals surface area contributed by atoms with E-state index in [1.54, 1.807) is 6.08 Å². The first kappa shape index (κ1) is 15.3. The van der Waals surface area contributed by atoms with Crippen molar-refractivity contribution < 1.29 is 4.79 Å². The van der Waals surface area contributed by atoms with Gasteiger partial charge in [0.2, 0.25) is 5.91 Å². The van der Waals surface area contributed by atoms with Gasteiger partial charge in [-0.05, 0) is 32.5 Å². The number of nitrogens with one attached hydrogen (secondary N) is 1. The van der Waals surface area contributed by atoms with Crippen molar-refractivity contribution in [3.63, 3.8) is 0 Å². The van der Waals surface area contributed by atoms with Gasteiger partial charge in [-0.15, -0.1) is 0 Å². The fourth-order valence-electron chi connectivity index (χ4n) is 2.65. The first-order chi connectivity index (χ1) is 10.1. The largest absolute Gasteiger partial charge is 0.350 e. The summed E-state index contributed by atoms with van der Waals surface area (Å²) in [6, 6.07) is 12.3. The highest BCUT2D eigenvalue weighted by Crippen LogP contribution is 2.43. The molecule has 1 aliphatic rings. The Morgan fingerprint density at radius 2 is 2.10 bits per heavy atom. The SMILES string of the molecule is CN(C)C/C=C/C(=O)NC1CC(C#N)(c2ccccc2)C1. The fraction of sp³-hybridized carbons (Fsp3) is 0.412. The van der Waals surface area contributed by atoms with Gasteiger partial charge in [-0.1, -0.05) is 36.4 Å². The number of amides is 1. The van der Waals surface area contributed by atoms with Gasteiger partial charge in [-0.2, -0.15) is 5.26 Å². The number of hydrogen-bond acceptors (Lipinski definition) is 3. The number of carbonyl (C=O) groups excluding carboxylic acids is 1. The molecule has 0 aliphatic heterocycles. The summed E-state index contributed by atoms with van der Waals surface area (Å²) in [6.07, 6.45) is 4.76. The van der Waals surface area contributed by atoms with Crippen molar-refractivity contribution in [1.29, 1.82) is 5.26 Å². The van der Waals surface area contributed by atoms with Crippen LogP contribution < -0.4 is 5.32 Å². The van der Waals surface area contributed by atoms with E-state index in [0.717, 1.165) is 12.1 Å². The van der Waals surface area contributed by atoms with Crippen LogP contribution in [0.3, 0.4) is 0 Å². The molecule has 1 aromatic carbocycles. The number of carbonyl (C=O) groups is 1. The third-order valence-electron chi connectivity index (χ3n) is 3.82. The fourth-order valence-corrected chi connectivity index (χ4v) is 2.65. The topological polar surface area (TPSA) is 56.1 Å². The molecule has 4 heteroatoms. The quantitative estimate of drug-likeness (QED) is 0.839. The minimum absolute atomic E-state index is 0.0820. The Morgan fingerprint density at radius 1 is 1.43 bits per heavy atom. The number of nitriles is 1. The number of benzene rings is 1. The number of nitrogens with zero attached hydrogens (tertiary/aromatic N) is 2. The molecule has 0 heterocycles. The minimum atomic E-state index is -0.438. The molecule has 110 valence electrons. The standard InChI is InChI=1S/C17H21N3O/c1-20(2)10-6-9-16(21)19-15-11-17(12-15,13-18)14-7-4-3-5-8-14/h3-9,15H,10-12H2,1-2H3,(H,19,21)/b9-6+. The third kappa shape index (κ3) is 3.71. The molecule has 1 saturated carbocycles. The first-order valence-electron chi connectivity index (χ1n) is 7.14. The Morgan fingerprint density at radius 3 is 2.67 bits per heavy atom. The molecule has 4 nitrogen and oxygen atoms in total. The van der Waals surface area contributed by atoms with Crippen molar-refractivity contribution >= 4 is 5.91 Å². The van der Waals surface area contributed by atoms with Crippen LogP contribution in [0.15, 0.2) is 42.5 Å². The number of hydrogen-bond donors (Lipinski definition) is 1. The molecule has 0 unspecified atom stereocenters. The predicted molar refractivity (Wildman–Crippen MR) is 82.6 cm³/mol.